The molecule has 2 aromatic carbocycles. The highest BCUT2D eigenvalue weighted by Crippen LogP contribution is 2.20. The van der Waals surface area contributed by atoms with Crippen LogP contribution in [-0.4, -0.2) is 39.8 Å². The predicted octanol–water partition coefficient (Wildman–Crippen LogP) is 3.17. The number of hydrogen-bond acceptors (Lipinski definition) is 5. The van der Waals surface area contributed by atoms with Crippen molar-refractivity contribution in [2.24, 2.45) is 5.73 Å². The number of carbonyl (C=O) groups is 3. The summed E-state index contributed by atoms with van der Waals surface area (Å²) in [5, 5.41) is 7.91. The molecule has 0 radical (unpaired) electrons. The van der Waals surface area contributed by atoms with E-state index in [4.69, 9.17) is 17.3 Å². The number of aromatic amines is 1. The molecule has 9 nitrogen and oxygen atoms in total. The molecule has 33 heavy (non-hydrogen) atoms. The third-order valence-corrected chi connectivity index (χ3v) is 4.68. The van der Waals surface area contributed by atoms with Gasteiger partial charge in [-0.3, -0.25) is 14.4 Å². The molecule has 0 aliphatic rings. The molecular formula is C22H22ClFN6O3. The molecular weight excluding hydrogens is 451 g/mol. The molecule has 3 rings (SSSR count). The van der Waals surface area contributed by atoms with Gasteiger partial charge in [0.2, 0.25) is 0 Å². The quantitative estimate of drug-likeness (QED) is 0.359. The Morgan fingerprint density at radius 3 is 2.21 bits per heavy atom. The number of nitrogens with zero attached hydrogens (tertiary/aromatic N) is 1. The van der Waals surface area contributed by atoms with Gasteiger partial charge in [-0.25, -0.2) is 9.37 Å². The summed E-state index contributed by atoms with van der Waals surface area (Å²) >= 11 is 5.91. The monoisotopic (exact) mass is 472 g/mol. The Hall–Kier alpha value is -3.76. The lowest BCUT2D eigenvalue weighted by Gasteiger charge is -2.18. The molecule has 172 valence electrons. The largest absolute Gasteiger partial charge is 0.349 e. The normalized spacial score (nSPS) is 11.1. The summed E-state index contributed by atoms with van der Waals surface area (Å²) in [7, 11) is 0. The second-order valence-corrected chi connectivity index (χ2v) is 8.31. The molecule has 1 heterocycles. The molecule has 0 saturated carbocycles. The molecule has 3 aromatic rings. The van der Waals surface area contributed by atoms with Crippen LogP contribution in [0.3, 0.4) is 0 Å². The Bertz CT molecular complexity index is 1190. The van der Waals surface area contributed by atoms with Crippen LogP contribution in [0.5, 0.6) is 0 Å². The fourth-order valence-electron chi connectivity index (χ4n) is 2.74. The Labute approximate surface area is 193 Å². The number of halogens is 2. The fraction of sp³-hybridized carbons (Fsp3) is 0.182. The zero-order valence-electron chi connectivity index (χ0n) is 17.8. The second-order valence-electron chi connectivity index (χ2n) is 7.91. The van der Waals surface area contributed by atoms with Gasteiger partial charge in [0.15, 0.2) is 5.69 Å². The first kappa shape index (κ1) is 23.9. The van der Waals surface area contributed by atoms with Crippen LogP contribution >= 0.6 is 11.6 Å². The molecule has 0 aliphatic heterocycles. The maximum atomic E-state index is 13.2. The molecule has 1 aromatic heterocycles. The molecule has 11 heteroatoms. The third kappa shape index (κ3) is 6.37. The predicted molar refractivity (Wildman–Crippen MR) is 123 cm³/mol. The molecule has 0 bridgehead atoms. The van der Waals surface area contributed by atoms with Crippen molar-refractivity contribution in [3.05, 3.63) is 76.6 Å². The summed E-state index contributed by atoms with van der Waals surface area (Å²) in [6.07, 6.45) is 1.25. The van der Waals surface area contributed by atoms with Crippen molar-refractivity contribution in [3.63, 3.8) is 0 Å². The van der Waals surface area contributed by atoms with Gasteiger partial charge in [-0.15, -0.1) is 0 Å². The number of H-pyrrole nitrogens is 1. The highest BCUT2D eigenvalue weighted by atomic mass is 35.5. The molecule has 6 N–H and O–H groups in total. The number of amides is 3. The summed E-state index contributed by atoms with van der Waals surface area (Å²) in [4.78, 5) is 43.9. The van der Waals surface area contributed by atoms with Crippen LogP contribution in [0.25, 0.3) is 0 Å². The number of benzene rings is 2. The Kier molecular flexibility index (Phi) is 7.10. The van der Waals surface area contributed by atoms with Crippen molar-refractivity contribution in [2.75, 3.05) is 17.2 Å². The number of hydrogen-bond donors (Lipinski definition) is 5. The van der Waals surface area contributed by atoms with Crippen LogP contribution in [0.15, 0.2) is 48.8 Å². The van der Waals surface area contributed by atoms with Crippen LogP contribution in [-0.2, 0) is 0 Å². The van der Waals surface area contributed by atoms with E-state index in [0.29, 0.717) is 11.4 Å². The van der Waals surface area contributed by atoms with E-state index < -0.39 is 29.1 Å². The maximum absolute atomic E-state index is 13.2. The number of nitrogens with two attached hydrogens (primary N) is 1. The van der Waals surface area contributed by atoms with E-state index in [-0.39, 0.29) is 28.5 Å². The SMILES string of the molecule is CC(C)(N)CNC(=O)c1[nH]cnc1C(=O)Nc1ccc(NC(=O)c2ccc(F)cc2Cl)cc1. The third-order valence-electron chi connectivity index (χ3n) is 4.36. The summed E-state index contributed by atoms with van der Waals surface area (Å²) in [6, 6.07) is 9.72. The van der Waals surface area contributed by atoms with E-state index in [0.717, 1.165) is 12.1 Å². The number of anilines is 2. The summed E-state index contributed by atoms with van der Waals surface area (Å²) in [6.45, 7) is 3.73. The van der Waals surface area contributed by atoms with Crippen molar-refractivity contribution in [1.82, 2.24) is 15.3 Å². The minimum Gasteiger partial charge on any atom is -0.349 e. The van der Waals surface area contributed by atoms with Crippen LogP contribution in [0, 0.1) is 5.82 Å². The fourth-order valence-corrected chi connectivity index (χ4v) is 2.99. The van der Waals surface area contributed by atoms with E-state index in [1.807, 2.05) is 0 Å². The van der Waals surface area contributed by atoms with E-state index in [1.54, 1.807) is 38.1 Å². The van der Waals surface area contributed by atoms with Gasteiger partial charge in [0.05, 0.1) is 16.9 Å². The summed E-state index contributed by atoms with van der Waals surface area (Å²) in [5.41, 5.74) is 6.15. The Morgan fingerprint density at radius 1 is 1.03 bits per heavy atom. The second kappa shape index (κ2) is 9.80. The van der Waals surface area contributed by atoms with Crippen molar-refractivity contribution >= 4 is 40.7 Å². The molecule has 0 fully saturated rings. The highest BCUT2D eigenvalue weighted by molar-refractivity contribution is 6.34. The summed E-state index contributed by atoms with van der Waals surface area (Å²) in [5.74, 6) is -2.15. The average molecular weight is 473 g/mol. The molecule has 0 saturated heterocycles. The first-order chi connectivity index (χ1) is 15.5. The molecule has 0 unspecified atom stereocenters. The molecule has 0 atom stereocenters. The molecule has 0 spiro atoms. The Morgan fingerprint density at radius 2 is 1.64 bits per heavy atom. The van der Waals surface area contributed by atoms with E-state index in [2.05, 4.69) is 25.9 Å². The number of imidazole rings is 1. The van der Waals surface area contributed by atoms with Crippen LogP contribution in [0.2, 0.25) is 5.02 Å². The number of nitrogens with one attached hydrogen (secondary N) is 4. The van der Waals surface area contributed by atoms with E-state index in [1.165, 1.54) is 12.4 Å². The number of carbonyl (C=O) groups excluding carboxylic acids is 3. The number of aromatic nitrogens is 2. The van der Waals surface area contributed by atoms with E-state index in [9.17, 15) is 18.8 Å². The van der Waals surface area contributed by atoms with Gasteiger partial charge < -0.3 is 26.7 Å². The molecule has 0 aliphatic carbocycles. The van der Waals surface area contributed by atoms with Gasteiger partial charge >= 0.3 is 0 Å². The first-order valence-electron chi connectivity index (χ1n) is 9.82. The summed E-state index contributed by atoms with van der Waals surface area (Å²) < 4.78 is 13.2. The van der Waals surface area contributed by atoms with Crippen molar-refractivity contribution in [3.8, 4) is 0 Å². The zero-order chi connectivity index (χ0) is 24.2. The lowest BCUT2D eigenvalue weighted by Crippen LogP contribution is -2.45. The van der Waals surface area contributed by atoms with Crippen molar-refractivity contribution in [2.45, 2.75) is 19.4 Å². The van der Waals surface area contributed by atoms with Gasteiger partial charge in [0, 0.05) is 23.5 Å². The van der Waals surface area contributed by atoms with Gasteiger partial charge in [0.25, 0.3) is 17.7 Å². The van der Waals surface area contributed by atoms with Gasteiger partial charge in [-0.2, -0.15) is 0 Å². The minimum atomic E-state index is -0.614. The van der Waals surface area contributed by atoms with Crippen LogP contribution < -0.4 is 21.7 Å². The van der Waals surface area contributed by atoms with Crippen LogP contribution in [0.1, 0.15) is 45.2 Å². The van der Waals surface area contributed by atoms with Crippen molar-refractivity contribution < 1.29 is 18.8 Å². The van der Waals surface area contributed by atoms with E-state index >= 15 is 0 Å². The lowest BCUT2D eigenvalue weighted by molar-refractivity contribution is 0.0928. The minimum absolute atomic E-state index is 0.00902. The zero-order valence-corrected chi connectivity index (χ0v) is 18.6. The molecule has 3 amide bonds. The van der Waals surface area contributed by atoms with Crippen molar-refractivity contribution in [1.29, 1.82) is 0 Å². The first-order valence-corrected chi connectivity index (χ1v) is 10.2. The van der Waals surface area contributed by atoms with Gasteiger partial charge in [-0.05, 0) is 56.3 Å². The van der Waals surface area contributed by atoms with Crippen LogP contribution in [0.4, 0.5) is 15.8 Å². The smallest absolute Gasteiger partial charge is 0.276 e. The average Bonchev–Trinajstić information content (AvgIpc) is 3.23. The van der Waals surface area contributed by atoms with Gasteiger partial charge in [0.1, 0.15) is 11.5 Å². The Balaban J connectivity index is 1.63. The van der Waals surface area contributed by atoms with Gasteiger partial charge in [-0.1, -0.05) is 11.6 Å². The number of rotatable bonds is 7. The maximum Gasteiger partial charge on any atom is 0.276 e. The topological polar surface area (TPSA) is 142 Å². The standard InChI is InChI=1S/C22H22ClFN6O3/c1-22(2,25)10-26-20(32)17-18(28-11-27-17)21(33)30-14-6-4-13(5-7-14)29-19(31)15-8-3-12(24)9-16(15)23/h3-9,11H,10,25H2,1-2H3,(H,26,32)(H,27,28)(H,29,31)(H,30,33). The highest BCUT2D eigenvalue weighted by Gasteiger charge is 2.22. The lowest BCUT2D eigenvalue weighted by atomic mass is 10.1.